The van der Waals surface area contributed by atoms with E-state index in [9.17, 15) is 9.90 Å². The van der Waals surface area contributed by atoms with Crippen molar-refractivity contribution in [1.82, 2.24) is 14.9 Å². The molecule has 2 heterocycles. The minimum atomic E-state index is -0.794. The van der Waals surface area contributed by atoms with Gasteiger partial charge in [0.25, 0.3) is 0 Å². The first kappa shape index (κ1) is 8.39. The van der Waals surface area contributed by atoms with Crippen molar-refractivity contribution < 1.29 is 9.90 Å². The Hall–Kier alpha value is -1.21. The number of urea groups is 1. The molecular formula is C6H8N4O2S. The molecule has 0 radical (unpaired) electrons. The SMILES string of the molecule is O=C1NCCC(O)N1c1csnn1. The number of carbonyl (C=O) groups is 1. The third-order valence-corrected chi connectivity index (χ3v) is 2.28. The summed E-state index contributed by atoms with van der Waals surface area (Å²) in [4.78, 5) is 12.5. The molecule has 0 bridgehead atoms. The average Bonchev–Trinajstić information content (AvgIpc) is 2.57. The van der Waals surface area contributed by atoms with Gasteiger partial charge >= 0.3 is 6.03 Å². The maximum Gasteiger partial charge on any atom is 0.325 e. The van der Waals surface area contributed by atoms with Crippen LogP contribution in [0.4, 0.5) is 10.6 Å². The molecule has 2 amide bonds. The van der Waals surface area contributed by atoms with E-state index in [1.807, 2.05) is 0 Å². The van der Waals surface area contributed by atoms with Crippen molar-refractivity contribution in [3.63, 3.8) is 0 Å². The number of rotatable bonds is 1. The smallest absolute Gasteiger partial charge is 0.325 e. The zero-order valence-corrected chi connectivity index (χ0v) is 7.49. The zero-order chi connectivity index (χ0) is 9.26. The lowest BCUT2D eigenvalue weighted by Gasteiger charge is -2.30. The fourth-order valence-corrected chi connectivity index (χ4v) is 1.61. The van der Waals surface area contributed by atoms with Crippen LogP contribution in [0.2, 0.25) is 0 Å². The molecule has 0 spiro atoms. The second-order valence-electron chi connectivity index (χ2n) is 2.63. The summed E-state index contributed by atoms with van der Waals surface area (Å²) in [5.41, 5.74) is 0. The molecule has 1 aromatic rings. The summed E-state index contributed by atoms with van der Waals surface area (Å²) < 4.78 is 3.63. The summed E-state index contributed by atoms with van der Waals surface area (Å²) in [5, 5.41) is 17.5. The quantitative estimate of drug-likeness (QED) is 0.656. The molecule has 0 aromatic carbocycles. The molecule has 1 aliphatic rings. The highest BCUT2D eigenvalue weighted by atomic mass is 32.1. The summed E-state index contributed by atoms with van der Waals surface area (Å²) in [6.45, 7) is 0.494. The first-order chi connectivity index (χ1) is 6.29. The fourth-order valence-electron chi connectivity index (χ4n) is 1.18. The number of aliphatic hydroxyl groups excluding tert-OH is 1. The monoisotopic (exact) mass is 200 g/mol. The molecule has 0 saturated carbocycles. The number of carbonyl (C=O) groups excluding carboxylic acids is 1. The summed E-state index contributed by atoms with van der Waals surface area (Å²) in [6.07, 6.45) is -0.291. The highest BCUT2D eigenvalue weighted by Crippen LogP contribution is 2.17. The van der Waals surface area contributed by atoms with Crippen molar-refractivity contribution in [2.45, 2.75) is 12.6 Å². The van der Waals surface area contributed by atoms with Crippen molar-refractivity contribution in [3.8, 4) is 0 Å². The van der Waals surface area contributed by atoms with Gasteiger partial charge < -0.3 is 10.4 Å². The first-order valence-electron chi connectivity index (χ1n) is 3.81. The van der Waals surface area contributed by atoms with E-state index in [0.717, 1.165) is 11.5 Å². The minimum absolute atomic E-state index is 0.327. The minimum Gasteiger partial charge on any atom is -0.373 e. The molecule has 7 heteroatoms. The van der Waals surface area contributed by atoms with Gasteiger partial charge in [-0.2, -0.15) is 0 Å². The van der Waals surface area contributed by atoms with Gasteiger partial charge in [-0.15, -0.1) is 5.10 Å². The largest absolute Gasteiger partial charge is 0.373 e. The fraction of sp³-hybridized carbons (Fsp3) is 0.500. The van der Waals surface area contributed by atoms with Crippen LogP contribution >= 0.6 is 11.5 Å². The van der Waals surface area contributed by atoms with Gasteiger partial charge in [0.15, 0.2) is 5.82 Å². The van der Waals surface area contributed by atoms with E-state index in [2.05, 4.69) is 14.9 Å². The highest BCUT2D eigenvalue weighted by Gasteiger charge is 2.28. The Bertz CT molecular complexity index is 302. The molecular weight excluding hydrogens is 192 g/mol. The average molecular weight is 200 g/mol. The van der Waals surface area contributed by atoms with Gasteiger partial charge in [0.1, 0.15) is 6.23 Å². The lowest BCUT2D eigenvalue weighted by atomic mass is 10.3. The van der Waals surface area contributed by atoms with Crippen LogP contribution in [0.1, 0.15) is 6.42 Å². The number of nitrogens with one attached hydrogen (secondary N) is 1. The van der Waals surface area contributed by atoms with Crippen LogP contribution in [0.25, 0.3) is 0 Å². The Morgan fingerprint density at radius 2 is 2.62 bits per heavy atom. The van der Waals surface area contributed by atoms with Crippen LogP contribution in [0, 0.1) is 0 Å². The van der Waals surface area contributed by atoms with Crippen LogP contribution < -0.4 is 10.2 Å². The lowest BCUT2D eigenvalue weighted by molar-refractivity contribution is 0.145. The number of hydrogen-bond acceptors (Lipinski definition) is 5. The molecule has 6 nitrogen and oxygen atoms in total. The van der Waals surface area contributed by atoms with Gasteiger partial charge in [-0.25, -0.2) is 9.69 Å². The van der Waals surface area contributed by atoms with Gasteiger partial charge in [-0.1, -0.05) is 4.49 Å². The van der Waals surface area contributed by atoms with E-state index >= 15 is 0 Å². The molecule has 1 fully saturated rings. The lowest BCUT2D eigenvalue weighted by Crippen LogP contribution is -2.52. The molecule has 2 N–H and O–H groups in total. The summed E-state index contributed by atoms with van der Waals surface area (Å²) in [5.74, 6) is 0.398. The summed E-state index contributed by atoms with van der Waals surface area (Å²) >= 11 is 1.14. The first-order valence-corrected chi connectivity index (χ1v) is 4.65. The number of aliphatic hydroxyl groups is 1. The Kier molecular flexibility index (Phi) is 2.11. The molecule has 1 aromatic heterocycles. The topological polar surface area (TPSA) is 78.4 Å². The van der Waals surface area contributed by atoms with Crippen molar-refractivity contribution in [2.24, 2.45) is 0 Å². The van der Waals surface area contributed by atoms with Gasteiger partial charge in [-0.3, -0.25) is 0 Å². The number of nitrogens with zero attached hydrogens (tertiary/aromatic N) is 3. The van der Waals surface area contributed by atoms with Crippen LogP contribution in [0.3, 0.4) is 0 Å². The van der Waals surface area contributed by atoms with Crippen molar-refractivity contribution in [3.05, 3.63) is 5.38 Å². The second kappa shape index (κ2) is 3.27. The van der Waals surface area contributed by atoms with Gasteiger partial charge in [-0.05, 0) is 11.5 Å². The maximum atomic E-state index is 11.3. The van der Waals surface area contributed by atoms with Crippen LogP contribution in [0.15, 0.2) is 5.38 Å². The van der Waals surface area contributed by atoms with Crippen molar-refractivity contribution in [2.75, 3.05) is 11.4 Å². The highest BCUT2D eigenvalue weighted by molar-refractivity contribution is 7.03. The summed E-state index contributed by atoms with van der Waals surface area (Å²) in [7, 11) is 0. The van der Waals surface area contributed by atoms with E-state index < -0.39 is 6.23 Å². The van der Waals surface area contributed by atoms with Crippen LogP contribution in [-0.2, 0) is 0 Å². The summed E-state index contributed by atoms with van der Waals surface area (Å²) in [6, 6.07) is -0.327. The predicted octanol–water partition coefficient (Wildman–Crippen LogP) is -0.224. The van der Waals surface area contributed by atoms with E-state index in [4.69, 9.17) is 0 Å². The third kappa shape index (κ3) is 1.47. The molecule has 70 valence electrons. The van der Waals surface area contributed by atoms with Gasteiger partial charge in [0.05, 0.1) is 5.38 Å². The number of hydrogen-bond donors (Lipinski definition) is 2. The molecule has 1 unspecified atom stereocenters. The Balaban J connectivity index is 2.24. The second-order valence-corrected chi connectivity index (χ2v) is 3.24. The Morgan fingerprint density at radius 1 is 1.77 bits per heavy atom. The van der Waals surface area contributed by atoms with E-state index in [1.54, 1.807) is 5.38 Å². The van der Waals surface area contributed by atoms with Crippen molar-refractivity contribution >= 4 is 23.4 Å². The van der Waals surface area contributed by atoms with Gasteiger partial charge in [0, 0.05) is 13.0 Å². The molecule has 13 heavy (non-hydrogen) atoms. The van der Waals surface area contributed by atoms with Crippen LogP contribution in [-0.4, -0.2) is 33.5 Å². The zero-order valence-electron chi connectivity index (χ0n) is 6.67. The predicted molar refractivity (Wildman–Crippen MR) is 46.4 cm³/mol. The molecule has 1 aliphatic heterocycles. The van der Waals surface area contributed by atoms with Gasteiger partial charge in [0.2, 0.25) is 0 Å². The van der Waals surface area contributed by atoms with E-state index in [0.29, 0.717) is 18.8 Å². The molecule has 1 atom stereocenters. The Morgan fingerprint density at radius 3 is 3.23 bits per heavy atom. The normalized spacial score (nSPS) is 23.0. The van der Waals surface area contributed by atoms with Crippen LogP contribution in [0.5, 0.6) is 0 Å². The number of aromatic nitrogens is 2. The Labute approximate surface area is 78.3 Å². The van der Waals surface area contributed by atoms with E-state index in [1.165, 1.54) is 4.90 Å². The number of anilines is 1. The van der Waals surface area contributed by atoms with Crippen molar-refractivity contribution in [1.29, 1.82) is 0 Å². The van der Waals surface area contributed by atoms with E-state index in [-0.39, 0.29) is 6.03 Å². The number of amides is 2. The molecule has 1 saturated heterocycles. The molecule has 2 rings (SSSR count). The molecule has 0 aliphatic carbocycles. The third-order valence-electron chi connectivity index (χ3n) is 1.79. The standard InChI is InChI=1S/C6H8N4O2S/c11-5-1-2-7-6(12)10(5)4-3-13-9-8-4/h3,5,11H,1-2H2,(H,7,12). The maximum absolute atomic E-state index is 11.3.